The Bertz CT molecular complexity index is 1140. The molecule has 1 saturated heterocycles. The Morgan fingerprint density at radius 1 is 1.03 bits per heavy atom. The number of hydrogen-bond acceptors (Lipinski definition) is 6. The lowest BCUT2D eigenvalue weighted by Gasteiger charge is -2.26. The molecule has 2 aromatic carbocycles. The summed E-state index contributed by atoms with van der Waals surface area (Å²) in [6.07, 6.45) is 1.40. The third kappa shape index (κ3) is 4.89. The molecule has 1 aliphatic heterocycles. The highest BCUT2D eigenvalue weighted by Gasteiger charge is 2.18. The van der Waals surface area contributed by atoms with E-state index in [4.69, 9.17) is 13.3 Å². The summed E-state index contributed by atoms with van der Waals surface area (Å²) in [6, 6.07) is 15.3. The minimum atomic E-state index is -3.46. The number of carbonyl (C=O) groups excluding carboxylic acids is 1. The van der Waals surface area contributed by atoms with Gasteiger partial charge in [-0.15, -0.1) is 0 Å². The summed E-state index contributed by atoms with van der Waals surface area (Å²) >= 11 is 0. The first-order valence-corrected chi connectivity index (χ1v) is 11.5. The smallest absolute Gasteiger partial charge is 0.264 e. The standard InChI is InChI=1S/C22H23NO6S/c1-30(25,26)28-11-8-20-15-19-14-18(6-7-21(19)29-20)16-2-4-17(5-3-16)22(24)23-9-12-27-13-10-23/h2-7,14-15H,8-13H2,1H3. The Morgan fingerprint density at radius 3 is 2.43 bits per heavy atom. The lowest BCUT2D eigenvalue weighted by Crippen LogP contribution is -2.40. The summed E-state index contributed by atoms with van der Waals surface area (Å²) in [6.45, 7) is 2.45. The SMILES string of the molecule is CS(=O)(=O)OCCc1cc2cc(-c3ccc(C(=O)N4CCOCC4)cc3)ccc2o1. The molecule has 3 aromatic rings. The van der Waals surface area contributed by atoms with E-state index in [1.54, 1.807) is 0 Å². The maximum Gasteiger partial charge on any atom is 0.264 e. The van der Waals surface area contributed by atoms with Crippen LogP contribution in [0.4, 0.5) is 0 Å². The highest BCUT2D eigenvalue weighted by atomic mass is 32.2. The van der Waals surface area contributed by atoms with Crippen molar-refractivity contribution in [2.24, 2.45) is 0 Å². The second-order valence-electron chi connectivity index (χ2n) is 7.22. The Morgan fingerprint density at radius 2 is 1.73 bits per heavy atom. The monoisotopic (exact) mass is 429 g/mol. The molecule has 7 nitrogen and oxygen atoms in total. The molecule has 0 atom stereocenters. The van der Waals surface area contributed by atoms with E-state index in [2.05, 4.69) is 0 Å². The van der Waals surface area contributed by atoms with Crippen molar-refractivity contribution in [3.05, 3.63) is 59.9 Å². The zero-order chi connectivity index (χ0) is 21.1. The van der Waals surface area contributed by atoms with Crippen LogP contribution in [0.5, 0.6) is 0 Å². The van der Waals surface area contributed by atoms with Gasteiger partial charge < -0.3 is 14.1 Å². The molecule has 2 heterocycles. The van der Waals surface area contributed by atoms with Gasteiger partial charge in [0.1, 0.15) is 11.3 Å². The fraction of sp³-hybridized carbons (Fsp3) is 0.318. The van der Waals surface area contributed by atoms with E-state index in [0.717, 1.165) is 28.4 Å². The van der Waals surface area contributed by atoms with Crippen molar-refractivity contribution >= 4 is 27.0 Å². The first-order chi connectivity index (χ1) is 14.4. The molecule has 1 amide bonds. The summed E-state index contributed by atoms with van der Waals surface area (Å²) in [5.41, 5.74) is 3.40. The first-order valence-electron chi connectivity index (χ1n) is 9.73. The number of nitrogens with zero attached hydrogens (tertiary/aromatic N) is 1. The van der Waals surface area contributed by atoms with Crippen LogP contribution >= 0.6 is 0 Å². The van der Waals surface area contributed by atoms with Crippen molar-refractivity contribution in [1.82, 2.24) is 4.90 Å². The number of carbonyl (C=O) groups is 1. The topological polar surface area (TPSA) is 86.1 Å². The van der Waals surface area contributed by atoms with Crippen LogP contribution in [0.25, 0.3) is 22.1 Å². The van der Waals surface area contributed by atoms with Crippen LogP contribution in [-0.4, -0.2) is 58.4 Å². The van der Waals surface area contributed by atoms with Gasteiger partial charge in [-0.25, -0.2) is 0 Å². The largest absolute Gasteiger partial charge is 0.461 e. The van der Waals surface area contributed by atoms with E-state index in [0.29, 0.717) is 44.0 Å². The molecule has 0 unspecified atom stereocenters. The van der Waals surface area contributed by atoms with Gasteiger partial charge in [-0.3, -0.25) is 8.98 Å². The van der Waals surface area contributed by atoms with Gasteiger partial charge in [0.25, 0.3) is 16.0 Å². The normalized spacial score (nSPS) is 14.9. The van der Waals surface area contributed by atoms with Crippen molar-refractivity contribution in [2.45, 2.75) is 6.42 Å². The van der Waals surface area contributed by atoms with Crippen molar-refractivity contribution < 1.29 is 26.5 Å². The van der Waals surface area contributed by atoms with Crippen LogP contribution < -0.4 is 0 Å². The lowest BCUT2D eigenvalue weighted by atomic mass is 10.0. The van der Waals surface area contributed by atoms with E-state index in [1.807, 2.05) is 53.4 Å². The fourth-order valence-corrected chi connectivity index (χ4v) is 3.84. The van der Waals surface area contributed by atoms with Gasteiger partial charge in [0.15, 0.2) is 0 Å². The molecule has 4 rings (SSSR count). The second-order valence-corrected chi connectivity index (χ2v) is 8.87. The van der Waals surface area contributed by atoms with Gasteiger partial charge in [0.05, 0.1) is 26.1 Å². The highest BCUT2D eigenvalue weighted by Crippen LogP contribution is 2.27. The molecule has 0 spiro atoms. The van der Waals surface area contributed by atoms with E-state index >= 15 is 0 Å². The van der Waals surface area contributed by atoms with Gasteiger partial charge in [0, 0.05) is 30.5 Å². The van der Waals surface area contributed by atoms with Crippen LogP contribution in [0.2, 0.25) is 0 Å². The Hall–Kier alpha value is -2.68. The molecule has 8 heteroatoms. The molecule has 0 saturated carbocycles. The summed E-state index contributed by atoms with van der Waals surface area (Å²) in [5.74, 6) is 0.688. The van der Waals surface area contributed by atoms with Crippen molar-refractivity contribution in [3.63, 3.8) is 0 Å². The summed E-state index contributed by atoms with van der Waals surface area (Å²) in [4.78, 5) is 14.4. The highest BCUT2D eigenvalue weighted by molar-refractivity contribution is 7.85. The number of amides is 1. The van der Waals surface area contributed by atoms with E-state index in [-0.39, 0.29) is 12.5 Å². The summed E-state index contributed by atoms with van der Waals surface area (Å²) in [5, 5.41) is 0.926. The number of fused-ring (bicyclic) bond motifs is 1. The lowest BCUT2D eigenvalue weighted by molar-refractivity contribution is 0.0303. The van der Waals surface area contributed by atoms with Crippen molar-refractivity contribution in [3.8, 4) is 11.1 Å². The molecule has 0 bridgehead atoms. The predicted octanol–water partition coefficient (Wildman–Crippen LogP) is 3.09. The molecule has 0 N–H and O–H groups in total. The average molecular weight is 429 g/mol. The van der Waals surface area contributed by atoms with Gasteiger partial charge in [-0.2, -0.15) is 8.42 Å². The van der Waals surface area contributed by atoms with Crippen LogP contribution in [0.15, 0.2) is 52.9 Å². The van der Waals surface area contributed by atoms with Crippen LogP contribution in [0.3, 0.4) is 0 Å². The van der Waals surface area contributed by atoms with Crippen molar-refractivity contribution in [1.29, 1.82) is 0 Å². The fourth-order valence-electron chi connectivity index (χ4n) is 3.45. The summed E-state index contributed by atoms with van der Waals surface area (Å²) in [7, 11) is -3.46. The third-order valence-electron chi connectivity index (χ3n) is 4.98. The third-order valence-corrected chi connectivity index (χ3v) is 5.57. The van der Waals surface area contributed by atoms with Crippen LogP contribution in [0.1, 0.15) is 16.1 Å². The molecule has 0 aliphatic carbocycles. The molecular formula is C22H23NO6S. The molecule has 30 heavy (non-hydrogen) atoms. The van der Waals surface area contributed by atoms with Gasteiger partial charge in [-0.05, 0) is 41.5 Å². The molecule has 1 aromatic heterocycles. The minimum absolute atomic E-state index is 0.0242. The number of hydrogen-bond donors (Lipinski definition) is 0. The first kappa shape index (κ1) is 20.6. The quantitative estimate of drug-likeness (QED) is 0.560. The Kier molecular flexibility index (Phi) is 5.90. The number of rotatable bonds is 6. The predicted molar refractivity (Wildman–Crippen MR) is 113 cm³/mol. The van der Waals surface area contributed by atoms with E-state index < -0.39 is 10.1 Å². The number of ether oxygens (including phenoxy) is 1. The zero-order valence-electron chi connectivity index (χ0n) is 16.7. The minimum Gasteiger partial charge on any atom is -0.461 e. The molecule has 0 radical (unpaired) electrons. The van der Waals surface area contributed by atoms with Crippen LogP contribution in [0, 0.1) is 0 Å². The number of furan rings is 1. The van der Waals surface area contributed by atoms with E-state index in [1.165, 1.54) is 0 Å². The number of morpholine rings is 1. The van der Waals surface area contributed by atoms with E-state index in [9.17, 15) is 13.2 Å². The Balaban J connectivity index is 1.48. The van der Waals surface area contributed by atoms with Gasteiger partial charge in [-0.1, -0.05) is 18.2 Å². The molecule has 158 valence electrons. The van der Waals surface area contributed by atoms with Crippen molar-refractivity contribution in [2.75, 3.05) is 39.2 Å². The van der Waals surface area contributed by atoms with Crippen LogP contribution in [-0.2, 0) is 25.5 Å². The maximum absolute atomic E-state index is 12.6. The molecule has 1 aliphatic rings. The van der Waals surface area contributed by atoms with Gasteiger partial charge >= 0.3 is 0 Å². The molecule has 1 fully saturated rings. The maximum atomic E-state index is 12.6. The Labute approximate surface area is 175 Å². The number of benzene rings is 2. The zero-order valence-corrected chi connectivity index (χ0v) is 17.5. The summed E-state index contributed by atoms with van der Waals surface area (Å²) < 4.78 is 38.0. The van der Waals surface area contributed by atoms with Gasteiger partial charge in [0.2, 0.25) is 0 Å². The molecular weight excluding hydrogens is 406 g/mol. The second kappa shape index (κ2) is 8.59. The average Bonchev–Trinajstić information content (AvgIpc) is 3.15.